The smallest absolute Gasteiger partial charge is 0.239 e. The molecule has 1 rings (SSSR count). The molecule has 1 aliphatic heterocycles. The minimum absolute atomic E-state index is 0.00194. The molecule has 2 N–H and O–H groups in total. The number of likely N-dealkylation sites (N-methyl/N-ethyl adjacent to an activating group) is 1. The highest BCUT2D eigenvalue weighted by molar-refractivity contribution is 5.81. The van der Waals surface area contributed by atoms with Crippen molar-refractivity contribution < 1.29 is 9.53 Å². The van der Waals surface area contributed by atoms with Crippen LogP contribution in [0, 0.1) is 0 Å². The van der Waals surface area contributed by atoms with Crippen LogP contribution in [0.4, 0.5) is 0 Å². The van der Waals surface area contributed by atoms with Crippen molar-refractivity contribution in [3.63, 3.8) is 0 Å². The first kappa shape index (κ1) is 13.2. The van der Waals surface area contributed by atoms with Gasteiger partial charge in [-0.15, -0.1) is 6.58 Å². The number of amides is 1. The van der Waals surface area contributed by atoms with Crippen LogP contribution in [0.3, 0.4) is 0 Å². The van der Waals surface area contributed by atoms with Crippen LogP contribution in [-0.2, 0) is 9.53 Å². The molecule has 0 saturated carbocycles. The molecule has 1 saturated heterocycles. The number of nitrogens with two attached hydrogens (primary N) is 1. The van der Waals surface area contributed by atoms with Crippen LogP contribution in [0.5, 0.6) is 0 Å². The average molecular weight is 226 g/mol. The lowest BCUT2D eigenvalue weighted by atomic mass is 10.1. The number of rotatable bonds is 6. The quantitative estimate of drug-likeness (QED) is 0.685. The molecule has 16 heavy (non-hydrogen) atoms. The summed E-state index contributed by atoms with van der Waals surface area (Å²) in [5.74, 6) is -0.00194. The Balaban J connectivity index is 2.45. The van der Waals surface area contributed by atoms with Gasteiger partial charge in [0.1, 0.15) is 0 Å². The van der Waals surface area contributed by atoms with Gasteiger partial charge in [0.25, 0.3) is 0 Å². The maximum atomic E-state index is 11.9. The van der Waals surface area contributed by atoms with E-state index in [1.54, 1.807) is 11.0 Å². The van der Waals surface area contributed by atoms with Gasteiger partial charge in [-0.05, 0) is 26.2 Å². The summed E-state index contributed by atoms with van der Waals surface area (Å²) in [5.41, 5.74) is 5.78. The summed E-state index contributed by atoms with van der Waals surface area (Å²) in [6.45, 7) is 7.73. The van der Waals surface area contributed by atoms with Crippen LogP contribution < -0.4 is 5.73 Å². The molecule has 0 aliphatic carbocycles. The fraction of sp³-hybridized carbons (Fsp3) is 0.750. The van der Waals surface area contributed by atoms with Crippen molar-refractivity contribution in [3.8, 4) is 0 Å². The van der Waals surface area contributed by atoms with Gasteiger partial charge in [0.2, 0.25) is 5.91 Å². The van der Waals surface area contributed by atoms with Gasteiger partial charge in [-0.3, -0.25) is 4.79 Å². The van der Waals surface area contributed by atoms with Gasteiger partial charge in [-0.1, -0.05) is 6.08 Å². The highest BCUT2D eigenvalue weighted by atomic mass is 16.5. The maximum Gasteiger partial charge on any atom is 0.239 e. The molecular weight excluding hydrogens is 204 g/mol. The molecule has 4 heteroatoms. The van der Waals surface area contributed by atoms with Crippen LogP contribution >= 0.6 is 0 Å². The second-order valence-corrected chi connectivity index (χ2v) is 4.14. The first-order valence-electron chi connectivity index (χ1n) is 5.95. The van der Waals surface area contributed by atoms with E-state index in [9.17, 15) is 4.79 Å². The van der Waals surface area contributed by atoms with E-state index in [4.69, 9.17) is 10.5 Å². The van der Waals surface area contributed by atoms with Crippen LogP contribution in [0.15, 0.2) is 12.7 Å². The third kappa shape index (κ3) is 3.61. The minimum Gasteiger partial charge on any atom is -0.376 e. The van der Waals surface area contributed by atoms with E-state index in [1.165, 1.54) is 0 Å². The summed E-state index contributed by atoms with van der Waals surface area (Å²) in [6.07, 6.45) is 4.54. The monoisotopic (exact) mass is 226 g/mol. The molecule has 1 heterocycles. The molecule has 0 aromatic heterocycles. The van der Waals surface area contributed by atoms with Crippen molar-refractivity contribution in [3.05, 3.63) is 12.7 Å². The Morgan fingerprint density at radius 2 is 2.50 bits per heavy atom. The summed E-state index contributed by atoms with van der Waals surface area (Å²) in [5, 5.41) is 0. The summed E-state index contributed by atoms with van der Waals surface area (Å²) >= 11 is 0. The van der Waals surface area contributed by atoms with Crippen molar-refractivity contribution in [2.24, 2.45) is 5.73 Å². The summed E-state index contributed by atoms with van der Waals surface area (Å²) in [6, 6.07) is -0.459. The molecule has 0 aromatic rings. The number of nitrogens with zero attached hydrogens (tertiary/aromatic N) is 1. The molecule has 1 aliphatic rings. The SMILES string of the molecule is C=CCC(N)C(=O)N(CC)CC1CCCO1. The zero-order chi connectivity index (χ0) is 12.0. The van der Waals surface area contributed by atoms with Gasteiger partial charge in [-0.25, -0.2) is 0 Å². The lowest BCUT2D eigenvalue weighted by Crippen LogP contribution is -2.46. The van der Waals surface area contributed by atoms with Crippen molar-refractivity contribution in [1.82, 2.24) is 4.90 Å². The van der Waals surface area contributed by atoms with Gasteiger partial charge in [-0.2, -0.15) is 0 Å². The molecule has 1 fully saturated rings. The Morgan fingerprint density at radius 1 is 1.75 bits per heavy atom. The summed E-state index contributed by atoms with van der Waals surface area (Å²) < 4.78 is 5.52. The lowest BCUT2D eigenvalue weighted by Gasteiger charge is -2.26. The Labute approximate surface area is 97.4 Å². The summed E-state index contributed by atoms with van der Waals surface area (Å²) in [4.78, 5) is 13.7. The zero-order valence-electron chi connectivity index (χ0n) is 10.0. The lowest BCUT2D eigenvalue weighted by molar-refractivity contribution is -0.133. The molecule has 2 unspecified atom stereocenters. The predicted octanol–water partition coefficient (Wildman–Crippen LogP) is 0.917. The maximum absolute atomic E-state index is 11.9. The van der Waals surface area contributed by atoms with E-state index in [0.717, 1.165) is 19.4 Å². The fourth-order valence-corrected chi connectivity index (χ4v) is 1.92. The van der Waals surface area contributed by atoms with Gasteiger partial charge in [0.05, 0.1) is 12.1 Å². The molecule has 0 bridgehead atoms. The van der Waals surface area contributed by atoms with E-state index in [2.05, 4.69) is 6.58 Å². The van der Waals surface area contributed by atoms with Crippen molar-refractivity contribution in [1.29, 1.82) is 0 Å². The van der Waals surface area contributed by atoms with Crippen LogP contribution in [-0.4, -0.2) is 42.6 Å². The predicted molar refractivity (Wildman–Crippen MR) is 64.0 cm³/mol. The minimum atomic E-state index is -0.459. The van der Waals surface area contributed by atoms with E-state index >= 15 is 0 Å². The molecule has 92 valence electrons. The topological polar surface area (TPSA) is 55.6 Å². The number of carbonyl (C=O) groups is 1. The largest absolute Gasteiger partial charge is 0.376 e. The first-order valence-corrected chi connectivity index (χ1v) is 5.95. The van der Waals surface area contributed by atoms with Gasteiger partial charge in [0.15, 0.2) is 0 Å². The fourth-order valence-electron chi connectivity index (χ4n) is 1.92. The highest BCUT2D eigenvalue weighted by Gasteiger charge is 2.24. The molecule has 0 radical (unpaired) electrons. The molecular formula is C12H22N2O2. The molecule has 2 atom stereocenters. The Bertz CT molecular complexity index is 237. The van der Waals surface area contributed by atoms with E-state index in [-0.39, 0.29) is 12.0 Å². The third-order valence-electron chi connectivity index (χ3n) is 2.88. The highest BCUT2D eigenvalue weighted by Crippen LogP contribution is 2.13. The number of carbonyl (C=O) groups excluding carboxylic acids is 1. The number of hydrogen-bond donors (Lipinski definition) is 1. The number of ether oxygens (including phenoxy) is 1. The van der Waals surface area contributed by atoms with Gasteiger partial charge < -0.3 is 15.4 Å². The Kier molecular flexibility index (Phi) is 5.49. The van der Waals surface area contributed by atoms with Gasteiger partial charge >= 0.3 is 0 Å². The van der Waals surface area contributed by atoms with Crippen molar-refractivity contribution >= 4 is 5.91 Å². The number of hydrogen-bond acceptors (Lipinski definition) is 3. The first-order chi connectivity index (χ1) is 7.69. The van der Waals surface area contributed by atoms with E-state index in [0.29, 0.717) is 19.5 Å². The average Bonchev–Trinajstić information content (AvgIpc) is 2.78. The second kappa shape index (κ2) is 6.66. The van der Waals surface area contributed by atoms with Crippen molar-refractivity contribution in [2.45, 2.75) is 38.3 Å². The summed E-state index contributed by atoms with van der Waals surface area (Å²) in [7, 11) is 0. The second-order valence-electron chi connectivity index (χ2n) is 4.14. The van der Waals surface area contributed by atoms with Crippen LogP contribution in [0.1, 0.15) is 26.2 Å². The van der Waals surface area contributed by atoms with E-state index in [1.807, 2.05) is 6.92 Å². The Morgan fingerprint density at radius 3 is 3.00 bits per heavy atom. The standard InChI is InChI=1S/C12H22N2O2/c1-3-6-11(13)12(15)14(4-2)9-10-7-5-8-16-10/h3,10-11H,1,4-9,13H2,2H3. The third-order valence-corrected chi connectivity index (χ3v) is 2.88. The van der Waals surface area contributed by atoms with Gasteiger partial charge in [0, 0.05) is 19.7 Å². The van der Waals surface area contributed by atoms with Crippen molar-refractivity contribution in [2.75, 3.05) is 19.7 Å². The zero-order valence-corrected chi connectivity index (χ0v) is 10.0. The molecule has 4 nitrogen and oxygen atoms in total. The van der Waals surface area contributed by atoms with E-state index < -0.39 is 6.04 Å². The molecule has 1 amide bonds. The van der Waals surface area contributed by atoms with Crippen LogP contribution in [0.2, 0.25) is 0 Å². The molecule has 0 aromatic carbocycles. The molecule has 0 spiro atoms. The normalized spacial score (nSPS) is 21.8. The van der Waals surface area contributed by atoms with Crippen LogP contribution in [0.25, 0.3) is 0 Å². The Hall–Kier alpha value is -0.870.